The molecule has 0 saturated carbocycles. The molecule has 0 aliphatic carbocycles. The van der Waals surface area contributed by atoms with E-state index in [-0.39, 0.29) is 0 Å². The van der Waals surface area contributed by atoms with E-state index >= 15 is 0 Å². The molecule has 2 aliphatic rings. The number of hydrogen-bond acceptors (Lipinski definition) is 3. The Labute approximate surface area is 151 Å². The molecule has 2 aromatic carbocycles. The van der Waals surface area contributed by atoms with E-state index in [1.165, 1.54) is 48.8 Å². The predicted octanol–water partition coefficient (Wildman–Crippen LogP) is 3.77. The third-order valence-electron chi connectivity index (χ3n) is 5.99. The van der Waals surface area contributed by atoms with Crippen LogP contribution in [-0.2, 0) is 0 Å². The third kappa shape index (κ3) is 3.74. The molecule has 2 saturated heterocycles. The van der Waals surface area contributed by atoms with Gasteiger partial charge in [-0.2, -0.15) is 0 Å². The molecular weight excluding hydrogens is 306 g/mol. The Hall–Kier alpha value is -1.42. The summed E-state index contributed by atoms with van der Waals surface area (Å²) < 4.78 is 0. The first-order valence-electron chi connectivity index (χ1n) is 9.90. The van der Waals surface area contributed by atoms with Crippen molar-refractivity contribution in [3.05, 3.63) is 48.0 Å². The lowest BCUT2D eigenvalue weighted by Gasteiger charge is -2.37. The van der Waals surface area contributed by atoms with Gasteiger partial charge in [0.1, 0.15) is 0 Å². The van der Waals surface area contributed by atoms with Gasteiger partial charge in [0.2, 0.25) is 0 Å². The summed E-state index contributed by atoms with van der Waals surface area (Å²) in [5.41, 5.74) is 8.53. The molecule has 2 N–H and O–H groups in total. The van der Waals surface area contributed by atoms with E-state index in [9.17, 15) is 0 Å². The zero-order valence-electron chi connectivity index (χ0n) is 15.5. The highest BCUT2D eigenvalue weighted by molar-refractivity contribution is 5.83. The van der Waals surface area contributed by atoms with Crippen LogP contribution in [-0.4, -0.2) is 37.1 Å². The Bertz CT molecular complexity index is 703. The summed E-state index contributed by atoms with van der Waals surface area (Å²) in [7, 11) is 0. The van der Waals surface area contributed by atoms with Gasteiger partial charge in [-0.05, 0) is 54.1 Å². The van der Waals surface area contributed by atoms with E-state index in [0.717, 1.165) is 18.4 Å². The first-order chi connectivity index (χ1) is 12.2. The molecule has 0 bridgehead atoms. The fourth-order valence-electron chi connectivity index (χ4n) is 4.74. The highest BCUT2D eigenvalue weighted by Gasteiger charge is 2.36. The lowest BCUT2D eigenvalue weighted by atomic mass is 9.80. The molecular formula is C22H31N3. The SMILES string of the molecule is CC(C)CN1CCC(C2NNCC2c2ccc3ccccc3c2)CC1. The Morgan fingerprint density at radius 3 is 2.56 bits per heavy atom. The number of piperidine rings is 1. The minimum absolute atomic E-state index is 0.558. The van der Waals surface area contributed by atoms with Crippen LogP contribution in [0.3, 0.4) is 0 Å². The van der Waals surface area contributed by atoms with Crippen molar-refractivity contribution in [2.45, 2.75) is 38.6 Å². The lowest BCUT2D eigenvalue weighted by molar-refractivity contribution is 0.145. The summed E-state index contributed by atoms with van der Waals surface area (Å²) in [5.74, 6) is 2.12. The van der Waals surface area contributed by atoms with E-state index in [1.807, 2.05) is 0 Å². The molecule has 0 radical (unpaired) electrons. The van der Waals surface area contributed by atoms with Crippen molar-refractivity contribution in [1.29, 1.82) is 0 Å². The number of hydrazine groups is 1. The molecule has 134 valence electrons. The van der Waals surface area contributed by atoms with Crippen molar-refractivity contribution in [3.63, 3.8) is 0 Å². The van der Waals surface area contributed by atoms with Gasteiger partial charge in [-0.3, -0.25) is 10.9 Å². The highest BCUT2D eigenvalue weighted by Crippen LogP contribution is 2.33. The van der Waals surface area contributed by atoms with Crippen molar-refractivity contribution >= 4 is 10.8 Å². The molecule has 2 heterocycles. The summed E-state index contributed by atoms with van der Waals surface area (Å²) in [6.45, 7) is 9.44. The second kappa shape index (κ2) is 7.45. The summed E-state index contributed by atoms with van der Waals surface area (Å²) in [6, 6.07) is 16.3. The Kier molecular flexibility index (Phi) is 5.07. The van der Waals surface area contributed by atoms with Crippen LogP contribution in [0.15, 0.2) is 42.5 Å². The topological polar surface area (TPSA) is 27.3 Å². The van der Waals surface area contributed by atoms with Crippen LogP contribution in [0.2, 0.25) is 0 Å². The number of nitrogens with one attached hydrogen (secondary N) is 2. The maximum atomic E-state index is 3.61. The monoisotopic (exact) mass is 337 g/mol. The average molecular weight is 338 g/mol. The molecule has 2 aliphatic heterocycles. The summed E-state index contributed by atoms with van der Waals surface area (Å²) in [4.78, 5) is 2.65. The van der Waals surface area contributed by atoms with Crippen molar-refractivity contribution < 1.29 is 0 Å². The van der Waals surface area contributed by atoms with E-state index in [1.54, 1.807) is 0 Å². The van der Waals surface area contributed by atoms with Gasteiger partial charge >= 0.3 is 0 Å². The molecule has 3 heteroatoms. The van der Waals surface area contributed by atoms with Crippen molar-refractivity contribution in [3.8, 4) is 0 Å². The van der Waals surface area contributed by atoms with E-state index in [0.29, 0.717) is 12.0 Å². The minimum Gasteiger partial charge on any atom is -0.303 e. The van der Waals surface area contributed by atoms with Crippen molar-refractivity contribution in [1.82, 2.24) is 15.8 Å². The Morgan fingerprint density at radius 1 is 1.04 bits per heavy atom. The normalized spacial score (nSPS) is 25.9. The second-order valence-corrected chi connectivity index (χ2v) is 8.30. The summed E-state index contributed by atoms with van der Waals surface area (Å²) >= 11 is 0. The maximum absolute atomic E-state index is 3.61. The number of likely N-dealkylation sites (tertiary alicyclic amines) is 1. The lowest BCUT2D eigenvalue weighted by Crippen LogP contribution is -2.44. The van der Waals surface area contributed by atoms with Crippen LogP contribution in [0.5, 0.6) is 0 Å². The highest BCUT2D eigenvalue weighted by atomic mass is 15.4. The van der Waals surface area contributed by atoms with Gasteiger partial charge in [-0.15, -0.1) is 0 Å². The summed E-state index contributed by atoms with van der Waals surface area (Å²) in [5, 5.41) is 2.70. The second-order valence-electron chi connectivity index (χ2n) is 8.30. The maximum Gasteiger partial charge on any atom is 0.0323 e. The van der Waals surface area contributed by atoms with Gasteiger partial charge in [-0.25, -0.2) is 0 Å². The zero-order chi connectivity index (χ0) is 17.2. The van der Waals surface area contributed by atoms with Gasteiger partial charge in [0.05, 0.1) is 0 Å². The standard InChI is InChI=1S/C22H31N3/c1-16(2)15-25-11-9-18(10-12-25)22-21(14-23-24-22)20-8-7-17-5-3-4-6-19(17)13-20/h3-8,13,16,18,21-24H,9-12,14-15H2,1-2H3. The van der Waals surface area contributed by atoms with Crippen LogP contribution < -0.4 is 10.9 Å². The molecule has 0 aromatic heterocycles. The number of fused-ring (bicyclic) bond motifs is 1. The van der Waals surface area contributed by atoms with Crippen LogP contribution in [0.4, 0.5) is 0 Å². The fraction of sp³-hybridized carbons (Fsp3) is 0.545. The van der Waals surface area contributed by atoms with E-state index < -0.39 is 0 Å². The van der Waals surface area contributed by atoms with Crippen LogP contribution in [0.1, 0.15) is 38.2 Å². The van der Waals surface area contributed by atoms with E-state index in [4.69, 9.17) is 0 Å². The number of benzene rings is 2. The smallest absolute Gasteiger partial charge is 0.0323 e. The largest absolute Gasteiger partial charge is 0.303 e. The van der Waals surface area contributed by atoms with Crippen LogP contribution >= 0.6 is 0 Å². The van der Waals surface area contributed by atoms with Gasteiger partial charge in [-0.1, -0.05) is 56.3 Å². The van der Waals surface area contributed by atoms with Crippen molar-refractivity contribution in [2.24, 2.45) is 11.8 Å². The minimum atomic E-state index is 0.558. The molecule has 0 spiro atoms. The molecule has 2 aromatic rings. The Balaban J connectivity index is 1.47. The van der Waals surface area contributed by atoms with Crippen molar-refractivity contribution in [2.75, 3.05) is 26.2 Å². The number of nitrogens with zero attached hydrogens (tertiary/aromatic N) is 1. The fourth-order valence-corrected chi connectivity index (χ4v) is 4.74. The third-order valence-corrected chi connectivity index (χ3v) is 5.99. The van der Waals surface area contributed by atoms with Crippen LogP contribution in [0, 0.1) is 11.8 Å². The zero-order valence-corrected chi connectivity index (χ0v) is 15.5. The first kappa shape index (κ1) is 17.0. The quantitative estimate of drug-likeness (QED) is 0.889. The molecule has 25 heavy (non-hydrogen) atoms. The van der Waals surface area contributed by atoms with Crippen LogP contribution in [0.25, 0.3) is 10.8 Å². The number of rotatable bonds is 4. The number of hydrogen-bond donors (Lipinski definition) is 2. The van der Waals surface area contributed by atoms with Gasteiger partial charge in [0.15, 0.2) is 0 Å². The van der Waals surface area contributed by atoms with Gasteiger partial charge in [0.25, 0.3) is 0 Å². The predicted molar refractivity (Wildman–Crippen MR) is 106 cm³/mol. The average Bonchev–Trinajstić information content (AvgIpc) is 3.11. The molecule has 2 unspecified atom stereocenters. The van der Waals surface area contributed by atoms with Gasteiger partial charge in [0, 0.05) is 25.0 Å². The van der Waals surface area contributed by atoms with Gasteiger partial charge < -0.3 is 4.90 Å². The summed E-state index contributed by atoms with van der Waals surface area (Å²) in [6.07, 6.45) is 2.63. The molecule has 0 amide bonds. The molecule has 4 rings (SSSR count). The van der Waals surface area contributed by atoms with E-state index in [2.05, 4.69) is 72.1 Å². The molecule has 3 nitrogen and oxygen atoms in total. The first-order valence-corrected chi connectivity index (χ1v) is 9.90. The Morgan fingerprint density at radius 2 is 1.80 bits per heavy atom. The molecule has 2 fully saturated rings. The molecule has 2 atom stereocenters.